The molecule has 2 aromatic heterocycles. The van der Waals surface area contributed by atoms with E-state index in [-0.39, 0.29) is 22.9 Å². The van der Waals surface area contributed by atoms with Crippen molar-refractivity contribution < 1.29 is 17.3 Å². The molecule has 0 unspecified atom stereocenters. The number of hydrogen-bond acceptors (Lipinski definition) is 5. The van der Waals surface area contributed by atoms with Crippen LogP contribution in [0.3, 0.4) is 0 Å². The summed E-state index contributed by atoms with van der Waals surface area (Å²) in [4.78, 5) is 7.44. The third kappa shape index (κ3) is 3.40. The summed E-state index contributed by atoms with van der Waals surface area (Å²) in [6.45, 7) is 3.25. The van der Waals surface area contributed by atoms with Gasteiger partial charge in [-0.05, 0) is 32.8 Å². The van der Waals surface area contributed by atoms with E-state index < -0.39 is 15.8 Å². The van der Waals surface area contributed by atoms with Gasteiger partial charge in [0.1, 0.15) is 10.7 Å². The Balaban J connectivity index is 1.68. The predicted molar refractivity (Wildman–Crippen MR) is 96.0 cm³/mol. The lowest BCUT2D eigenvalue weighted by Gasteiger charge is -2.09. The van der Waals surface area contributed by atoms with Gasteiger partial charge in [0.25, 0.3) is 5.89 Å². The molecule has 0 spiro atoms. The number of halogens is 1. The van der Waals surface area contributed by atoms with Crippen molar-refractivity contribution in [3.63, 3.8) is 0 Å². The Kier molecular flexibility index (Phi) is 4.35. The summed E-state index contributed by atoms with van der Waals surface area (Å²) in [7, 11) is -3.93. The Hall–Kier alpha value is -2.52. The Morgan fingerprint density at radius 1 is 1.26 bits per heavy atom. The third-order valence-corrected chi connectivity index (χ3v) is 6.17. The summed E-state index contributed by atoms with van der Waals surface area (Å²) in [6, 6.07) is 6.03. The van der Waals surface area contributed by atoms with Gasteiger partial charge in [-0.1, -0.05) is 23.4 Å². The van der Waals surface area contributed by atoms with E-state index in [0.717, 1.165) is 12.8 Å². The van der Waals surface area contributed by atoms with E-state index in [1.54, 1.807) is 26.0 Å². The van der Waals surface area contributed by atoms with E-state index in [2.05, 4.69) is 19.8 Å². The molecule has 2 N–H and O–H groups in total. The van der Waals surface area contributed by atoms with Crippen molar-refractivity contribution in [2.24, 2.45) is 0 Å². The standard InChI is InChI=1S/C18H19FN4O3S/c1-10-15(18-22-17(23-26-18)12-7-8-12)16(11(2)21-10)27(24,25)20-9-13-5-3-4-6-14(13)19/h3-6,12,20-21H,7-9H2,1-2H3. The summed E-state index contributed by atoms with van der Waals surface area (Å²) in [5.41, 5.74) is 1.69. The molecular formula is C18H19FN4O3S. The average Bonchev–Trinajstić information content (AvgIpc) is 3.27. The highest BCUT2D eigenvalue weighted by atomic mass is 32.2. The van der Waals surface area contributed by atoms with Crippen molar-refractivity contribution in [2.75, 3.05) is 0 Å². The smallest absolute Gasteiger partial charge is 0.261 e. The molecule has 2 heterocycles. The Bertz CT molecular complexity index is 1100. The van der Waals surface area contributed by atoms with Gasteiger partial charge in [0.15, 0.2) is 5.82 Å². The quantitative estimate of drug-likeness (QED) is 0.673. The molecule has 3 aromatic rings. The Labute approximate surface area is 156 Å². The van der Waals surface area contributed by atoms with Gasteiger partial charge < -0.3 is 9.51 Å². The number of benzene rings is 1. The lowest BCUT2D eigenvalue weighted by atomic mass is 10.2. The van der Waals surface area contributed by atoms with E-state index in [4.69, 9.17) is 4.52 Å². The highest BCUT2D eigenvalue weighted by Crippen LogP contribution is 2.40. The van der Waals surface area contributed by atoms with Crippen LogP contribution in [0.5, 0.6) is 0 Å². The second-order valence-corrected chi connectivity index (χ2v) is 8.43. The lowest BCUT2D eigenvalue weighted by Crippen LogP contribution is -2.24. The van der Waals surface area contributed by atoms with E-state index in [1.807, 2.05) is 0 Å². The molecule has 0 bridgehead atoms. The van der Waals surface area contributed by atoms with E-state index in [0.29, 0.717) is 28.7 Å². The largest absolute Gasteiger partial charge is 0.361 e. The second-order valence-electron chi connectivity index (χ2n) is 6.73. The number of aromatic nitrogens is 3. The van der Waals surface area contributed by atoms with Gasteiger partial charge in [0.2, 0.25) is 10.0 Å². The van der Waals surface area contributed by atoms with Crippen LogP contribution in [0, 0.1) is 19.7 Å². The molecule has 1 fully saturated rings. The lowest BCUT2D eigenvalue weighted by molar-refractivity contribution is 0.421. The maximum atomic E-state index is 13.8. The van der Waals surface area contributed by atoms with Crippen molar-refractivity contribution in [3.8, 4) is 11.5 Å². The van der Waals surface area contributed by atoms with Crippen molar-refractivity contribution in [2.45, 2.75) is 44.0 Å². The fourth-order valence-electron chi connectivity index (χ4n) is 3.08. The van der Waals surface area contributed by atoms with Crippen LogP contribution in [0.2, 0.25) is 0 Å². The molecule has 1 aliphatic rings. The number of nitrogens with one attached hydrogen (secondary N) is 2. The first kappa shape index (κ1) is 17.9. The van der Waals surface area contributed by atoms with Crippen molar-refractivity contribution in [3.05, 3.63) is 52.9 Å². The van der Waals surface area contributed by atoms with E-state index in [1.165, 1.54) is 12.1 Å². The molecule has 9 heteroatoms. The summed E-state index contributed by atoms with van der Waals surface area (Å²) in [5, 5.41) is 3.97. The van der Waals surface area contributed by atoms with Gasteiger partial charge in [0, 0.05) is 29.4 Å². The summed E-state index contributed by atoms with van der Waals surface area (Å²) >= 11 is 0. The Morgan fingerprint density at radius 3 is 2.70 bits per heavy atom. The van der Waals surface area contributed by atoms with Gasteiger partial charge in [0.05, 0.1) is 5.56 Å². The maximum Gasteiger partial charge on any atom is 0.261 e. The zero-order valence-electron chi connectivity index (χ0n) is 14.9. The van der Waals surface area contributed by atoms with E-state index >= 15 is 0 Å². The molecule has 142 valence electrons. The molecule has 1 aliphatic carbocycles. The zero-order chi connectivity index (χ0) is 19.2. The molecule has 1 saturated carbocycles. The number of aromatic amines is 1. The number of nitrogens with zero attached hydrogens (tertiary/aromatic N) is 2. The van der Waals surface area contributed by atoms with E-state index in [9.17, 15) is 12.8 Å². The minimum atomic E-state index is -3.93. The van der Waals surface area contributed by atoms with Gasteiger partial charge in [-0.15, -0.1) is 0 Å². The molecule has 0 amide bonds. The first-order valence-electron chi connectivity index (χ1n) is 8.63. The average molecular weight is 390 g/mol. The van der Waals surface area contributed by atoms with Crippen LogP contribution in [0.25, 0.3) is 11.5 Å². The summed E-state index contributed by atoms with van der Waals surface area (Å²) < 4.78 is 47.5. The number of rotatable bonds is 6. The topological polar surface area (TPSA) is 101 Å². The third-order valence-electron chi connectivity index (χ3n) is 4.59. The minimum Gasteiger partial charge on any atom is -0.361 e. The molecule has 27 heavy (non-hydrogen) atoms. The molecule has 0 atom stereocenters. The molecule has 1 aromatic carbocycles. The van der Waals surface area contributed by atoms with Crippen LogP contribution in [-0.4, -0.2) is 23.5 Å². The first-order valence-corrected chi connectivity index (χ1v) is 10.1. The normalized spacial score (nSPS) is 14.6. The number of sulfonamides is 1. The molecule has 0 aliphatic heterocycles. The highest BCUT2D eigenvalue weighted by molar-refractivity contribution is 7.89. The molecular weight excluding hydrogens is 371 g/mol. The van der Waals surface area contributed by atoms with Crippen LogP contribution < -0.4 is 4.72 Å². The number of aryl methyl sites for hydroxylation is 2. The fraction of sp³-hybridized carbons (Fsp3) is 0.333. The highest BCUT2D eigenvalue weighted by Gasteiger charge is 2.32. The number of H-pyrrole nitrogens is 1. The molecule has 4 rings (SSSR count). The summed E-state index contributed by atoms with van der Waals surface area (Å²) in [6.07, 6.45) is 2.03. The van der Waals surface area contributed by atoms with Crippen LogP contribution in [0.4, 0.5) is 4.39 Å². The minimum absolute atomic E-state index is 0.0438. The second kappa shape index (κ2) is 6.58. The van der Waals surface area contributed by atoms with Crippen molar-refractivity contribution >= 4 is 10.0 Å². The Morgan fingerprint density at radius 2 is 2.00 bits per heavy atom. The van der Waals surface area contributed by atoms with Crippen molar-refractivity contribution in [1.82, 2.24) is 19.8 Å². The monoisotopic (exact) mass is 390 g/mol. The van der Waals surface area contributed by atoms with Crippen LogP contribution in [0.1, 0.15) is 41.5 Å². The van der Waals surface area contributed by atoms with Gasteiger partial charge >= 0.3 is 0 Å². The van der Waals surface area contributed by atoms with Gasteiger partial charge in [-0.25, -0.2) is 17.5 Å². The van der Waals surface area contributed by atoms with Crippen LogP contribution in [-0.2, 0) is 16.6 Å². The number of hydrogen-bond donors (Lipinski definition) is 2. The van der Waals surface area contributed by atoms with Gasteiger partial charge in [-0.3, -0.25) is 0 Å². The summed E-state index contributed by atoms with van der Waals surface area (Å²) in [5.74, 6) is 0.603. The van der Waals surface area contributed by atoms with Crippen LogP contribution >= 0.6 is 0 Å². The molecule has 0 radical (unpaired) electrons. The van der Waals surface area contributed by atoms with Crippen molar-refractivity contribution in [1.29, 1.82) is 0 Å². The fourth-order valence-corrected chi connectivity index (χ4v) is 4.54. The van der Waals surface area contributed by atoms with Gasteiger partial charge in [-0.2, -0.15) is 4.98 Å². The zero-order valence-corrected chi connectivity index (χ0v) is 15.7. The van der Waals surface area contributed by atoms with Crippen LogP contribution in [0.15, 0.2) is 33.7 Å². The maximum absolute atomic E-state index is 13.8. The SMILES string of the molecule is Cc1[nH]c(C)c(S(=O)(=O)NCc2ccccc2F)c1-c1nc(C2CC2)no1. The predicted octanol–water partition coefficient (Wildman–Crippen LogP) is 3.18. The first-order chi connectivity index (χ1) is 12.9. The molecule has 7 nitrogen and oxygen atoms in total. The molecule has 0 saturated heterocycles.